The topological polar surface area (TPSA) is 66.1 Å². The summed E-state index contributed by atoms with van der Waals surface area (Å²) in [5.74, 6) is 0.229. The first kappa shape index (κ1) is 23.5. The van der Waals surface area contributed by atoms with Gasteiger partial charge in [0.05, 0.1) is 35.8 Å². The SMILES string of the molecule is COC[C@@H](C)n1c(SCC(=O)c2cc(C)n(Cc3cccs3)c2C)nc2ccccc2c1=O. The van der Waals surface area contributed by atoms with E-state index in [2.05, 4.69) is 16.0 Å². The minimum absolute atomic E-state index is 0.0267. The highest BCUT2D eigenvalue weighted by atomic mass is 32.2. The zero-order valence-electron chi connectivity index (χ0n) is 19.2. The average Bonchev–Trinajstić information content (AvgIpc) is 3.41. The third-order valence-corrected chi connectivity index (χ3v) is 7.54. The van der Waals surface area contributed by atoms with Gasteiger partial charge in [0, 0.05) is 28.9 Å². The fraction of sp³-hybridized carbons (Fsp3) is 0.320. The lowest BCUT2D eigenvalue weighted by molar-refractivity contribution is 0.102. The number of aromatic nitrogens is 3. The van der Waals surface area contributed by atoms with Crippen molar-refractivity contribution in [2.24, 2.45) is 0 Å². The molecule has 1 aromatic carbocycles. The first-order chi connectivity index (χ1) is 15.9. The second-order valence-corrected chi connectivity index (χ2v) is 10.0. The van der Waals surface area contributed by atoms with Crippen molar-refractivity contribution in [2.45, 2.75) is 38.5 Å². The van der Waals surface area contributed by atoms with Crippen LogP contribution < -0.4 is 5.56 Å². The second-order valence-electron chi connectivity index (χ2n) is 8.05. The fourth-order valence-electron chi connectivity index (χ4n) is 4.02. The average molecular weight is 482 g/mol. The molecule has 0 aliphatic carbocycles. The van der Waals surface area contributed by atoms with E-state index in [-0.39, 0.29) is 23.1 Å². The van der Waals surface area contributed by atoms with Crippen molar-refractivity contribution in [2.75, 3.05) is 19.5 Å². The van der Waals surface area contributed by atoms with Gasteiger partial charge in [0.25, 0.3) is 5.56 Å². The van der Waals surface area contributed by atoms with Crippen molar-refractivity contribution in [3.63, 3.8) is 0 Å². The molecule has 0 spiro atoms. The first-order valence-corrected chi connectivity index (χ1v) is 12.6. The molecule has 0 bridgehead atoms. The number of para-hydroxylation sites is 1. The van der Waals surface area contributed by atoms with Crippen molar-refractivity contribution >= 4 is 39.8 Å². The maximum absolute atomic E-state index is 13.2. The molecule has 1 atom stereocenters. The number of rotatable bonds is 9. The molecular weight excluding hydrogens is 454 g/mol. The molecular formula is C25H27N3O3S2. The number of aryl methyl sites for hydroxylation is 1. The highest BCUT2D eigenvalue weighted by Crippen LogP contribution is 2.25. The number of thiophene rings is 1. The zero-order valence-corrected chi connectivity index (χ0v) is 20.8. The van der Waals surface area contributed by atoms with Gasteiger partial charge in [-0.1, -0.05) is 30.0 Å². The standard InChI is InChI=1S/C25H27N3O3S2/c1-16-12-21(18(3)27(16)13-19-8-7-11-32-19)23(29)15-33-25-26-22-10-6-5-9-20(22)24(30)28(25)17(2)14-31-4/h5-12,17H,13-15H2,1-4H3/t17-/m1/s1. The van der Waals surface area contributed by atoms with E-state index in [1.165, 1.54) is 16.6 Å². The summed E-state index contributed by atoms with van der Waals surface area (Å²) in [6.07, 6.45) is 0. The summed E-state index contributed by atoms with van der Waals surface area (Å²) in [7, 11) is 1.61. The summed E-state index contributed by atoms with van der Waals surface area (Å²) >= 11 is 3.01. The molecule has 4 rings (SSSR count). The number of thioether (sulfide) groups is 1. The van der Waals surface area contributed by atoms with Crippen LogP contribution >= 0.6 is 23.1 Å². The van der Waals surface area contributed by atoms with Gasteiger partial charge in [0.1, 0.15) is 0 Å². The fourth-order valence-corrected chi connectivity index (χ4v) is 5.70. The van der Waals surface area contributed by atoms with Crippen molar-refractivity contribution < 1.29 is 9.53 Å². The minimum Gasteiger partial charge on any atom is -0.383 e. The molecule has 0 saturated heterocycles. The van der Waals surface area contributed by atoms with Crippen LogP contribution in [0.4, 0.5) is 0 Å². The number of hydrogen-bond acceptors (Lipinski definition) is 6. The Bertz CT molecular complexity index is 1340. The predicted octanol–water partition coefficient (Wildman–Crippen LogP) is 5.11. The number of ketones is 1. The lowest BCUT2D eigenvalue weighted by atomic mass is 10.2. The van der Waals surface area contributed by atoms with Crippen LogP contribution in [0, 0.1) is 13.8 Å². The van der Waals surface area contributed by atoms with Gasteiger partial charge in [-0.3, -0.25) is 14.2 Å². The third-order valence-electron chi connectivity index (χ3n) is 5.72. The number of hydrogen-bond donors (Lipinski definition) is 0. The van der Waals surface area contributed by atoms with Crippen LogP contribution in [-0.2, 0) is 11.3 Å². The van der Waals surface area contributed by atoms with E-state index in [1.54, 1.807) is 29.1 Å². The molecule has 0 saturated carbocycles. The van der Waals surface area contributed by atoms with Gasteiger partial charge in [-0.05, 0) is 50.4 Å². The molecule has 0 aliphatic heterocycles. The molecule has 6 nitrogen and oxygen atoms in total. The Labute approximate surface area is 201 Å². The van der Waals surface area contributed by atoms with Crippen LogP contribution in [-0.4, -0.2) is 39.4 Å². The van der Waals surface area contributed by atoms with E-state index in [0.29, 0.717) is 22.7 Å². The molecule has 4 aromatic rings. The Balaban J connectivity index is 1.61. The number of Topliss-reactive ketones (excluding diaryl/α,β-unsaturated/α-hetero) is 1. The third kappa shape index (κ3) is 4.83. The summed E-state index contributed by atoms with van der Waals surface area (Å²) in [5, 5.41) is 3.16. The van der Waals surface area contributed by atoms with Crippen LogP contribution in [0.2, 0.25) is 0 Å². The van der Waals surface area contributed by atoms with Crippen LogP contribution in [0.25, 0.3) is 10.9 Å². The second kappa shape index (κ2) is 10.1. The van der Waals surface area contributed by atoms with E-state index >= 15 is 0 Å². The van der Waals surface area contributed by atoms with Gasteiger partial charge in [-0.25, -0.2) is 4.98 Å². The number of benzene rings is 1. The maximum Gasteiger partial charge on any atom is 0.262 e. The highest BCUT2D eigenvalue weighted by Gasteiger charge is 2.20. The molecule has 0 fully saturated rings. The van der Waals surface area contributed by atoms with E-state index in [4.69, 9.17) is 9.72 Å². The van der Waals surface area contributed by atoms with Crippen LogP contribution in [0.15, 0.2) is 57.8 Å². The summed E-state index contributed by atoms with van der Waals surface area (Å²) in [4.78, 5) is 32.4. The van der Waals surface area contributed by atoms with E-state index in [1.807, 2.05) is 51.1 Å². The van der Waals surface area contributed by atoms with Crippen molar-refractivity contribution in [1.82, 2.24) is 14.1 Å². The molecule has 0 aliphatic rings. The number of fused-ring (bicyclic) bond motifs is 1. The Morgan fingerprint density at radius 1 is 1.21 bits per heavy atom. The molecule has 0 unspecified atom stereocenters. The molecule has 0 amide bonds. The Morgan fingerprint density at radius 2 is 2.00 bits per heavy atom. The smallest absolute Gasteiger partial charge is 0.262 e. The minimum atomic E-state index is -0.201. The Morgan fingerprint density at radius 3 is 2.73 bits per heavy atom. The molecule has 33 heavy (non-hydrogen) atoms. The summed E-state index contributed by atoms with van der Waals surface area (Å²) in [6, 6.07) is 13.2. The molecule has 172 valence electrons. The van der Waals surface area contributed by atoms with E-state index in [9.17, 15) is 9.59 Å². The van der Waals surface area contributed by atoms with Gasteiger partial charge in [0.2, 0.25) is 0 Å². The lowest BCUT2D eigenvalue weighted by Crippen LogP contribution is -2.28. The lowest BCUT2D eigenvalue weighted by Gasteiger charge is -2.18. The Hall–Kier alpha value is -2.68. The number of carbonyl (C=O) groups is 1. The van der Waals surface area contributed by atoms with Gasteiger partial charge < -0.3 is 9.30 Å². The van der Waals surface area contributed by atoms with Crippen LogP contribution in [0.3, 0.4) is 0 Å². The quantitative estimate of drug-likeness (QED) is 0.189. The summed E-state index contributed by atoms with van der Waals surface area (Å²) < 4.78 is 9.10. The number of nitrogens with zero attached hydrogens (tertiary/aromatic N) is 3. The van der Waals surface area contributed by atoms with E-state index in [0.717, 1.165) is 23.5 Å². The van der Waals surface area contributed by atoms with Crippen molar-refractivity contribution in [3.05, 3.63) is 80.0 Å². The van der Waals surface area contributed by atoms with Crippen molar-refractivity contribution in [3.8, 4) is 0 Å². The zero-order chi connectivity index (χ0) is 23.5. The van der Waals surface area contributed by atoms with Crippen LogP contribution in [0.1, 0.15) is 39.6 Å². The van der Waals surface area contributed by atoms with Gasteiger partial charge in [-0.2, -0.15) is 0 Å². The molecule has 0 N–H and O–H groups in total. The Kier molecular flexibility index (Phi) is 7.17. The van der Waals surface area contributed by atoms with Gasteiger partial charge >= 0.3 is 0 Å². The maximum atomic E-state index is 13.2. The van der Waals surface area contributed by atoms with Gasteiger partial charge in [-0.15, -0.1) is 11.3 Å². The largest absolute Gasteiger partial charge is 0.383 e. The number of carbonyl (C=O) groups excluding carboxylic acids is 1. The highest BCUT2D eigenvalue weighted by molar-refractivity contribution is 7.99. The first-order valence-electron chi connectivity index (χ1n) is 10.8. The summed E-state index contributed by atoms with van der Waals surface area (Å²) in [6.45, 7) is 7.08. The summed E-state index contributed by atoms with van der Waals surface area (Å²) in [5.41, 5.74) is 3.25. The van der Waals surface area contributed by atoms with Crippen molar-refractivity contribution in [1.29, 1.82) is 0 Å². The van der Waals surface area contributed by atoms with Crippen LogP contribution in [0.5, 0.6) is 0 Å². The molecule has 8 heteroatoms. The predicted molar refractivity (Wildman–Crippen MR) is 135 cm³/mol. The van der Waals surface area contributed by atoms with Gasteiger partial charge in [0.15, 0.2) is 10.9 Å². The normalized spacial score (nSPS) is 12.4. The number of ether oxygens (including phenoxy) is 1. The number of methoxy groups -OCH3 is 1. The molecule has 3 heterocycles. The molecule has 0 radical (unpaired) electrons. The monoisotopic (exact) mass is 481 g/mol. The molecule has 3 aromatic heterocycles. The van der Waals surface area contributed by atoms with E-state index < -0.39 is 0 Å².